The molecule has 58 heavy (non-hydrogen) atoms. The second-order valence-electron chi connectivity index (χ2n) is 12.8. The zero-order valence-electron chi connectivity index (χ0n) is 32.4. The van der Waals surface area contributed by atoms with E-state index >= 15 is 0 Å². The van der Waals surface area contributed by atoms with Crippen LogP contribution in [0.3, 0.4) is 0 Å². The fourth-order valence-corrected chi connectivity index (χ4v) is 6.02. The predicted molar refractivity (Wildman–Crippen MR) is 208 cm³/mol. The van der Waals surface area contributed by atoms with Gasteiger partial charge in [0.15, 0.2) is 36.1 Å². The number of ether oxygens (including phenoxy) is 4. The summed E-state index contributed by atoms with van der Waals surface area (Å²) in [5.41, 5.74) is 2.47. The highest BCUT2D eigenvalue weighted by Crippen LogP contribution is 2.33. The Balaban J connectivity index is 1.22. The van der Waals surface area contributed by atoms with Crippen LogP contribution in [-0.4, -0.2) is 111 Å². The molecule has 0 radical (unpaired) electrons. The van der Waals surface area contributed by atoms with E-state index in [1.165, 1.54) is 28.4 Å². The Morgan fingerprint density at radius 1 is 0.586 bits per heavy atom. The summed E-state index contributed by atoms with van der Waals surface area (Å²) in [6.07, 6.45) is -4.90. The molecule has 0 amide bonds. The molecular weight excluding hydrogens is 756 g/mol. The number of aliphatic hydroxyl groups excluding tert-OH is 2. The van der Waals surface area contributed by atoms with Crippen LogP contribution < -0.4 is 29.6 Å². The van der Waals surface area contributed by atoms with Crippen LogP contribution in [0.1, 0.15) is 11.1 Å². The third-order valence-corrected chi connectivity index (χ3v) is 9.03. The minimum absolute atomic E-state index is 0.00495. The Kier molecular flexibility index (Phi) is 13.6. The van der Waals surface area contributed by atoms with Crippen molar-refractivity contribution in [3.63, 3.8) is 0 Å². The Morgan fingerprint density at radius 3 is 1.33 bits per heavy atom. The molecular formula is C40H46N6O12+2. The lowest BCUT2D eigenvalue weighted by molar-refractivity contribution is -1.19. The number of Topliss-reactive ketones (excluding diaryl/α,β-unsaturated/α-hetero) is 2. The average Bonchev–Trinajstić information content (AvgIpc) is 3.84. The molecule has 18 nitrogen and oxygen atoms in total. The summed E-state index contributed by atoms with van der Waals surface area (Å²) in [4.78, 5) is 58.5. The molecule has 0 fully saturated rings. The van der Waals surface area contributed by atoms with E-state index in [1.807, 2.05) is 60.7 Å². The van der Waals surface area contributed by atoms with E-state index < -0.39 is 33.8 Å². The minimum Gasteiger partial charge on any atom is -0.493 e. The van der Waals surface area contributed by atoms with Gasteiger partial charge in [-0.05, 0) is 35.4 Å². The summed E-state index contributed by atoms with van der Waals surface area (Å²) >= 11 is 0. The molecule has 4 N–H and O–H groups in total. The molecule has 4 atom stereocenters. The van der Waals surface area contributed by atoms with Gasteiger partial charge in [0.25, 0.3) is 24.1 Å². The Labute approximate surface area is 334 Å². The number of guanidine groups is 2. The third kappa shape index (κ3) is 9.59. The van der Waals surface area contributed by atoms with Crippen molar-refractivity contribution in [3.8, 4) is 23.0 Å². The molecule has 0 saturated heterocycles. The number of ketones is 2. The normalized spacial score (nSPS) is 19.7. The Hall–Kier alpha value is -5.96. The van der Waals surface area contributed by atoms with Gasteiger partial charge >= 0.3 is 11.9 Å². The molecule has 4 unspecified atom stereocenters. The van der Waals surface area contributed by atoms with Crippen LogP contribution in [0.5, 0.6) is 23.0 Å². The highest BCUT2D eigenvalue weighted by Gasteiger charge is 2.52. The van der Waals surface area contributed by atoms with E-state index in [4.69, 9.17) is 38.3 Å². The molecule has 2 heterocycles. The number of benzene rings is 4. The van der Waals surface area contributed by atoms with Crippen molar-refractivity contribution < 1.29 is 67.7 Å². The Morgan fingerprint density at radius 2 is 0.966 bits per heavy atom. The number of aliphatic imine (C=N–C) groups is 2. The van der Waals surface area contributed by atoms with Crippen molar-refractivity contribution >= 4 is 34.9 Å². The van der Waals surface area contributed by atoms with Gasteiger partial charge in [-0.15, -0.1) is 9.68 Å². The van der Waals surface area contributed by atoms with Crippen molar-refractivity contribution in [2.75, 3.05) is 65.3 Å². The van der Waals surface area contributed by atoms with Crippen molar-refractivity contribution in [2.24, 2.45) is 9.98 Å². The molecule has 2 aliphatic rings. The first kappa shape index (κ1) is 41.7. The number of hydrogen-bond donors (Lipinski definition) is 4. The second kappa shape index (κ2) is 19.0. The maximum Gasteiger partial charge on any atom is 0.370 e. The standard InChI is InChI=1S/C40H46N6O12/c1-51-31-17-15-29(23-33(31)53-3)43-39-41-19-21-45(39,55-25-27-11-7-5-8-12-27)57-37(49)35(47)36(48)38(50)58-46(56-26-28-13-9-6-10-14-28)22-20-42-40(46)44-30-16-18-32(52-2)34(24-30)54-4/h5-18,23-24,37-38,49-50H,19-22,25-26H2,1-4H3,(H,41,43)(H,42,44)/q+2. The summed E-state index contributed by atoms with van der Waals surface area (Å²) in [6.45, 7) is 0.214. The molecule has 0 aromatic heterocycles. The third-order valence-electron chi connectivity index (χ3n) is 9.03. The lowest BCUT2D eigenvalue weighted by Crippen LogP contribution is -2.59. The monoisotopic (exact) mass is 802 g/mol. The fourth-order valence-electron chi connectivity index (χ4n) is 6.02. The van der Waals surface area contributed by atoms with Gasteiger partial charge in [0.1, 0.15) is 26.3 Å². The van der Waals surface area contributed by atoms with Crippen molar-refractivity contribution in [3.05, 3.63) is 108 Å². The predicted octanol–water partition coefficient (Wildman–Crippen LogP) is 3.52. The summed E-state index contributed by atoms with van der Waals surface area (Å²) in [6, 6.07) is 28.3. The van der Waals surface area contributed by atoms with Gasteiger partial charge in [0.05, 0.1) is 28.4 Å². The molecule has 0 bridgehead atoms. The van der Waals surface area contributed by atoms with Crippen LogP contribution in [0.4, 0.5) is 11.4 Å². The van der Waals surface area contributed by atoms with Gasteiger partial charge in [-0.3, -0.25) is 20.2 Å². The van der Waals surface area contributed by atoms with Gasteiger partial charge in [-0.1, -0.05) is 60.7 Å². The molecule has 4 aromatic rings. The van der Waals surface area contributed by atoms with Gasteiger partial charge in [-0.25, -0.2) is 9.98 Å². The van der Waals surface area contributed by atoms with Crippen LogP contribution >= 0.6 is 0 Å². The van der Waals surface area contributed by atoms with Crippen molar-refractivity contribution in [1.82, 2.24) is 0 Å². The zero-order chi connectivity index (χ0) is 41.1. The largest absolute Gasteiger partial charge is 0.493 e. The maximum atomic E-state index is 13.6. The smallest absolute Gasteiger partial charge is 0.370 e. The van der Waals surface area contributed by atoms with Gasteiger partial charge < -0.3 is 29.2 Å². The molecule has 6 rings (SSSR count). The fraction of sp³-hybridized carbons (Fsp3) is 0.300. The Bertz CT molecular complexity index is 1960. The van der Waals surface area contributed by atoms with E-state index in [-0.39, 0.29) is 51.3 Å². The molecule has 0 aliphatic carbocycles. The van der Waals surface area contributed by atoms with E-state index in [9.17, 15) is 19.8 Å². The summed E-state index contributed by atoms with van der Waals surface area (Å²) in [5.74, 6) is -1.15. The van der Waals surface area contributed by atoms with E-state index in [2.05, 4.69) is 20.6 Å². The van der Waals surface area contributed by atoms with E-state index in [1.54, 1.807) is 36.4 Å². The SMILES string of the molecule is COc1ccc(NC2=NCC[N+]2(OCc2ccccc2)OC(O)C(=O)C(=O)C(O)O[N+]2(OCc3ccccc3)CCN=C2Nc2ccc(OC)c(OC)c2)cc1OC. The quantitative estimate of drug-likeness (QED) is 0.0611. The zero-order valence-corrected chi connectivity index (χ0v) is 32.4. The number of nitrogens with zero attached hydrogens (tertiary/aromatic N) is 4. The molecule has 2 aliphatic heterocycles. The van der Waals surface area contributed by atoms with Crippen LogP contribution in [0.2, 0.25) is 0 Å². The van der Waals surface area contributed by atoms with Crippen LogP contribution in [-0.2, 0) is 42.2 Å². The second-order valence-corrected chi connectivity index (χ2v) is 12.8. The van der Waals surface area contributed by atoms with Crippen molar-refractivity contribution in [1.29, 1.82) is 0 Å². The number of hydrogen-bond acceptors (Lipinski definition) is 16. The lowest BCUT2D eigenvalue weighted by Gasteiger charge is -2.31. The van der Waals surface area contributed by atoms with Gasteiger partial charge in [-0.2, -0.15) is 9.68 Å². The number of carbonyl (C=O) groups is 2. The summed E-state index contributed by atoms with van der Waals surface area (Å²) in [7, 11) is 6.00. The first-order valence-electron chi connectivity index (χ1n) is 18.1. The number of rotatable bonds is 19. The molecule has 0 saturated carbocycles. The average molecular weight is 803 g/mol. The highest BCUT2D eigenvalue weighted by molar-refractivity contribution is 6.39. The highest BCUT2D eigenvalue weighted by atomic mass is 17.0. The number of carbonyl (C=O) groups excluding carboxylic acids is 2. The van der Waals surface area contributed by atoms with E-state index in [0.29, 0.717) is 34.4 Å². The summed E-state index contributed by atoms with van der Waals surface area (Å²) < 4.78 is 21.5. The first-order valence-corrected chi connectivity index (χ1v) is 18.1. The number of quaternary nitrogens is 2. The van der Waals surface area contributed by atoms with E-state index in [0.717, 1.165) is 11.1 Å². The van der Waals surface area contributed by atoms with Crippen LogP contribution in [0, 0.1) is 0 Å². The van der Waals surface area contributed by atoms with Gasteiger partial charge in [0, 0.05) is 33.1 Å². The minimum atomic E-state index is -2.45. The number of aliphatic hydroxyl groups is 2. The van der Waals surface area contributed by atoms with Crippen molar-refractivity contribution in [2.45, 2.75) is 25.8 Å². The topological polar surface area (TPSA) is 197 Å². The summed E-state index contributed by atoms with van der Waals surface area (Å²) in [5, 5.41) is 28.7. The lowest BCUT2D eigenvalue weighted by atomic mass is 10.2. The number of methoxy groups -OCH3 is 4. The maximum absolute atomic E-state index is 13.6. The number of anilines is 2. The molecule has 18 heteroatoms. The molecule has 4 aromatic carbocycles. The molecule has 306 valence electrons. The van der Waals surface area contributed by atoms with Crippen LogP contribution in [0.25, 0.3) is 0 Å². The van der Waals surface area contributed by atoms with Crippen LogP contribution in [0.15, 0.2) is 107 Å². The number of hydroxylamine groups is 8. The number of nitrogens with one attached hydrogen (secondary N) is 2. The first-order chi connectivity index (χ1) is 28.1. The molecule has 0 spiro atoms. The van der Waals surface area contributed by atoms with Gasteiger partial charge in [0.2, 0.25) is 0 Å².